The van der Waals surface area contributed by atoms with E-state index in [1.807, 2.05) is 43.5 Å². The highest BCUT2D eigenvalue weighted by atomic mass is 32.2. The molecule has 6 nitrogen and oxygen atoms in total. The highest BCUT2D eigenvalue weighted by molar-refractivity contribution is 7.98. The van der Waals surface area contributed by atoms with Gasteiger partial charge in [0, 0.05) is 0 Å². The minimum Gasteiger partial charge on any atom is -0.386 e. The van der Waals surface area contributed by atoms with Gasteiger partial charge >= 0.3 is 0 Å². The second-order valence-electron chi connectivity index (χ2n) is 4.00. The first-order chi connectivity index (χ1) is 9.20. The molecular formula is C12H15N5OS. The zero-order chi connectivity index (χ0) is 13.7. The summed E-state index contributed by atoms with van der Waals surface area (Å²) in [4.78, 5) is 0. The molecule has 2 unspecified atom stereocenters. The van der Waals surface area contributed by atoms with Crippen molar-refractivity contribution in [2.45, 2.75) is 24.2 Å². The Morgan fingerprint density at radius 1 is 1.11 bits per heavy atom. The molecule has 2 rings (SSSR count). The molecule has 1 aromatic heterocycles. The van der Waals surface area contributed by atoms with E-state index in [0.29, 0.717) is 11.1 Å². The van der Waals surface area contributed by atoms with Crippen molar-refractivity contribution >= 4 is 17.7 Å². The first-order valence-electron chi connectivity index (χ1n) is 5.81. The molecule has 0 spiro atoms. The molecule has 7 heteroatoms. The third-order valence-electron chi connectivity index (χ3n) is 2.61. The van der Waals surface area contributed by atoms with Gasteiger partial charge in [0.25, 0.3) is 5.95 Å². The molecule has 0 amide bonds. The summed E-state index contributed by atoms with van der Waals surface area (Å²) < 4.78 is 0. The highest BCUT2D eigenvalue weighted by Crippen LogP contribution is 2.18. The van der Waals surface area contributed by atoms with Crippen LogP contribution in [0, 0.1) is 0 Å². The van der Waals surface area contributed by atoms with Crippen molar-refractivity contribution in [3.63, 3.8) is 0 Å². The van der Waals surface area contributed by atoms with E-state index in [0.717, 1.165) is 5.56 Å². The number of nitrogens with zero attached hydrogens (tertiary/aromatic N) is 4. The van der Waals surface area contributed by atoms with Crippen LogP contribution >= 0.6 is 11.8 Å². The number of hydrogen-bond acceptors (Lipinski definition) is 7. The predicted molar refractivity (Wildman–Crippen MR) is 73.9 cm³/mol. The van der Waals surface area contributed by atoms with Crippen LogP contribution in [0.15, 0.2) is 35.5 Å². The van der Waals surface area contributed by atoms with Crippen LogP contribution < -0.4 is 5.32 Å². The Bertz CT molecular complexity index is 507. The first kappa shape index (κ1) is 13.7. The number of aliphatic hydroxyl groups is 1. The molecule has 0 radical (unpaired) electrons. The SMILES string of the molecule is CSc1nnc(NC(C)C(O)c2ccccc2)nn1. The van der Waals surface area contributed by atoms with Crippen LogP contribution in [0.25, 0.3) is 0 Å². The first-order valence-corrected chi connectivity index (χ1v) is 7.04. The normalized spacial score (nSPS) is 13.8. The van der Waals surface area contributed by atoms with Gasteiger partial charge in [-0.1, -0.05) is 42.1 Å². The van der Waals surface area contributed by atoms with Crippen molar-refractivity contribution in [2.75, 3.05) is 11.6 Å². The molecule has 2 aromatic rings. The van der Waals surface area contributed by atoms with Crippen LogP contribution in [0.5, 0.6) is 0 Å². The maximum atomic E-state index is 10.2. The minimum absolute atomic E-state index is 0.244. The van der Waals surface area contributed by atoms with Gasteiger partial charge in [0.05, 0.1) is 12.1 Å². The number of anilines is 1. The second-order valence-corrected chi connectivity index (χ2v) is 4.77. The lowest BCUT2D eigenvalue weighted by Gasteiger charge is -2.19. The van der Waals surface area contributed by atoms with E-state index in [4.69, 9.17) is 0 Å². The third kappa shape index (κ3) is 3.62. The Balaban J connectivity index is 2.01. The summed E-state index contributed by atoms with van der Waals surface area (Å²) >= 11 is 1.38. The fourth-order valence-electron chi connectivity index (χ4n) is 1.58. The van der Waals surface area contributed by atoms with Crippen molar-refractivity contribution in [2.24, 2.45) is 0 Å². The number of hydrogen-bond donors (Lipinski definition) is 2. The summed E-state index contributed by atoms with van der Waals surface area (Å²) in [5, 5.41) is 29.2. The smallest absolute Gasteiger partial charge is 0.262 e. The van der Waals surface area contributed by atoms with E-state index in [-0.39, 0.29) is 6.04 Å². The van der Waals surface area contributed by atoms with Gasteiger partial charge in [0.15, 0.2) is 0 Å². The topological polar surface area (TPSA) is 83.8 Å². The molecule has 0 saturated heterocycles. The molecule has 2 N–H and O–H groups in total. The zero-order valence-corrected chi connectivity index (χ0v) is 11.5. The number of aliphatic hydroxyl groups excluding tert-OH is 1. The average Bonchev–Trinajstić information content (AvgIpc) is 2.48. The number of nitrogens with one attached hydrogen (secondary N) is 1. The van der Waals surface area contributed by atoms with Gasteiger partial charge < -0.3 is 10.4 Å². The van der Waals surface area contributed by atoms with Crippen LogP contribution in [-0.4, -0.2) is 37.8 Å². The van der Waals surface area contributed by atoms with E-state index < -0.39 is 6.10 Å². The molecule has 0 aliphatic heterocycles. The number of thioether (sulfide) groups is 1. The van der Waals surface area contributed by atoms with Gasteiger partial charge in [0.2, 0.25) is 5.16 Å². The van der Waals surface area contributed by atoms with Crippen molar-refractivity contribution in [1.82, 2.24) is 20.4 Å². The van der Waals surface area contributed by atoms with Gasteiger partial charge in [-0.3, -0.25) is 0 Å². The fraction of sp³-hybridized carbons (Fsp3) is 0.333. The highest BCUT2D eigenvalue weighted by Gasteiger charge is 2.17. The van der Waals surface area contributed by atoms with Crippen LogP contribution in [0.1, 0.15) is 18.6 Å². The van der Waals surface area contributed by atoms with E-state index in [1.165, 1.54) is 11.8 Å². The van der Waals surface area contributed by atoms with Gasteiger partial charge in [0.1, 0.15) is 0 Å². The van der Waals surface area contributed by atoms with Gasteiger partial charge in [-0.25, -0.2) is 0 Å². The molecule has 0 fully saturated rings. The predicted octanol–water partition coefficient (Wildman–Crippen LogP) is 1.52. The lowest BCUT2D eigenvalue weighted by Crippen LogP contribution is -2.25. The lowest BCUT2D eigenvalue weighted by atomic mass is 10.0. The molecular weight excluding hydrogens is 262 g/mol. The van der Waals surface area contributed by atoms with Crippen LogP contribution in [0.3, 0.4) is 0 Å². The quantitative estimate of drug-likeness (QED) is 0.802. The van der Waals surface area contributed by atoms with E-state index in [1.54, 1.807) is 0 Å². The summed E-state index contributed by atoms with van der Waals surface area (Å²) in [6.45, 7) is 1.85. The van der Waals surface area contributed by atoms with Crippen LogP contribution in [-0.2, 0) is 0 Å². The zero-order valence-electron chi connectivity index (χ0n) is 10.7. The van der Waals surface area contributed by atoms with E-state index in [2.05, 4.69) is 25.7 Å². The van der Waals surface area contributed by atoms with Crippen LogP contribution in [0.2, 0.25) is 0 Å². The van der Waals surface area contributed by atoms with Crippen molar-refractivity contribution in [3.05, 3.63) is 35.9 Å². The monoisotopic (exact) mass is 277 g/mol. The summed E-state index contributed by atoms with van der Waals surface area (Å²) in [5.41, 5.74) is 0.837. The third-order valence-corrected chi connectivity index (χ3v) is 3.14. The lowest BCUT2D eigenvalue weighted by molar-refractivity contribution is 0.160. The Kier molecular flexibility index (Phi) is 4.64. The van der Waals surface area contributed by atoms with E-state index >= 15 is 0 Å². The van der Waals surface area contributed by atoms with Gasteiger partial charge in [-0.15, -0.1) is 20.4 Å². The maximum absolute atomic E-state index is 10.2. The molecule has 0 aliphatic rings. The Labute approximate surface area is 115 Å². The summed E-state index contributed by atoms with van der Waals surface area (Å²) in [5.74, 6) is 0.306. The molecule has 19 heavy (non-hydrogen) atoms. The van der Waals surface area contributed by atoms with Crippen molar-refractivity contribution in [1.29, 1.82) is 0 Å². The number of rotatable bonds is 5. The van der Waals surface area contributed by atoms with Gasteiger partial charge in [-0.05, 0) is 18.7 Å². The van der Waals surface area contributed by atoms with Crippen molar-refractivity contribution < 1.29 is 5.11 Å². The largest absolute Gasteiger partial charge is 0.386 e. The molecule has 0 bridgehead atoms. The van der Waals surface area contributed by atoms with E-state index in [9.17, 15) is 5.11 Å². The van der Waals surface area contributed by atoms with Crippen molar-refractivity contribution in [3.8, 4) is 0 Å². The fourth-order valence-corrected chi connectivity index (χ4v) is 1.83. The molecule has 1 heterocycles. The summed E-state index contributed by atoms with van der Waals surface area (Å²) in [6.07, 6.45) is 1.21. The summed E-state index contributed by atoms with van der Waals surface area (Å²) in [6, 6.07) is 9.18. The minimum atomic E-state index is -0.648. The molecule has 0 saturated carbocycles. The molecule has 0 aliphatic carbocycles. The molecule has 1 aromatic carbocycles. The second kappa shape index (κ2) is 6.44. The average molecular weight is 277 g/mol. The standard InChI is InChI=1S/C12H15N5OS/c1-8(10(18)9-6-4-3-5-7-9)13-11-14-16-12(19-2)17-15-11/h3-8,10,18H,1-2H3,(H,13,14,15). The Morgan fingerprint density at radius 3 is 2.32 bits per heavy atom. The molecule has 2 atom stereocenters. The summed E-state index contributed by atoms with van der Waals surface area (Å²) in [7, 11) is 0. The Hall–Kier alpha value is -1.73. The van der Waals surface area contributed by atoms with Gasteiger partial charge in [-0.2, -0.15) is 0 Å². The molecule has 100 valence electrons. The number of benzene rings is 1. The number of aromatic nitrogens is 4. The Morgan fingerprint density at radius 2 is 1.74 bits per heavy atom. The maximum Gasteiger partial charge on any atom is 0.262 e. The van der Waals surface area contributed by atoms with Crippen LogP contribution in [0.4, 0.5) is 5.95 Å².